The van der Waals surface area contributed by atoms with Crippen LogP contribution in [-0.4, -0.2) is 30.6 Å². The Morgan fingerprint density at radius 2 is 1.81 bits per heavy atom. The molecule has 0 unspecified atom stereocenters. The first-order valence-electron chi connectivity index (χ1n) is 7.99. The first kappa shape index (κ1) is 19.5. The van der Waals surface area contributed by atoms with Gasteiger partial charge in [0.1, 0.15) is 34.8 Å². The summed E-state index contributed by atoms with van der Waals surface area (Å²) < 4.78 is 17.0. The van der Waals surface area contributed by atoms with E-state index in [1.807, 2.05) is 24.3 Å². The van der Waals surface area contributed by atoms with Gasteiger partial charge in [-0.25, -0.2) is 0 Å². The van der Waals surface area contributed by atoms with Crippen molar-refractivity contribution in [1.29, 1.82) is 0 Å². The molecule has 8 heteroatoms. The molecule has 2 aromatic rings. The second-order valence-electron chi connectivity index (χ2n) is 5.41. The highest BCUT2D eigenvalue weighted by Gasteiger charge is 2.22. The molecule has 0 atom stereocenters. The minimum absolute atomic E-state index is 0.223. The molecule has 0 radical (unpaired) electrons. The maximum atomic E-state index is 11.9. The number of hydrogen-bond acceptors (Lipinski definition) is 6. The monoisotopic (exact) mass is 421 g/mol. The van der Waals surface area contributed by atoms with Crippen LogP contribution in [0, 0.1) is 0 Å². The molecule has 3 rings (SSSR count). The van der Waals surface area contributed by atoms with E-state index in [1.165, 1.54) is 11.8 Å². The van der Waals surface area contributed by atoms with E-state index in [4.69, 9.17) is 38.0 Å². The molecule has 0 aliphatic carbocycles. The van der Waals surface area contributed by atoms with Gasteiger partial charge in [-0.2, -0.15) is 0 Å². The van der Waals surface area contributed by atoms with Crippen LogP contribution < -0.4 is 19.5 Å². The minimum atomic E-state index is -0.223. The van der Waals surface area contributed by atoms with Crippen LogP contribution in [0.4, 0.5) is 0 Å². The molecule has 1 amide bonds. The van der Waals surface area contributed by atoms with Crippen molar-refractivity contribution in [2.45, 2.75) is 0 Å². The molecule has 0 saturated carbocycles. The Bertz CT molecular complexity index is 884. The lowest BCUT2D eigenvalue weighted by Gasteiger charge is -2.11. The number of thioether (sulfide) groups is 1. The first-order chi connectivity index (χ1) is 13.0. The Labute approximate surface area is 171 Å². The third-order valence-corrected chi connectivity index (χ3v) is 4.97. The summed E-state index contributed by atoms with van der Waals surface area (Å²) in [5.41, 5.74) is 0.703. The van der Waals surface area contributed by atoms with Crippen LogP contribution in [0.5, 0.6) is 17.2 Å². The number of hydrogen-bond donors (Lipinski definition) is 1. The van der Waals surface area contributed by atoms with Crippen molar-refractivity contribution in [3.63, 3.8) is 0 Å². The maximum Gasteiger partial charge on any atom is 0.263 e. The van der Waals surface area contributed by atoms with Crippen molar-refractivity contribution in [2.24, 2.45) is 0 Å². The fourth-order valence-electron chi connectivity index (χ4n) is 2.31. The first-order valence-corrected chi connectivity index (χ1v) is 9.59. The normalized spacial score (nSPS) is 15.0. The van der Waals surface area contributed by atoms with Crippen LogP contribution in [-0.2, 0) is 4.79 Å². The second kappa shape index (κ2) is 9.12. The highest BCUT2D eigenvalue weighted by Crippen LogP contribution is 2.31. The number of ether oxygens (including phenoxy) is 3. The van der Waals surface area contributed by atoms with Crippen LogP contribution in [0.3, 0.4) is 0 Å². The minimum Gasteiger partial charge on any atom is -0.497 e. The molecule has 1 N–H and O–H groups in total. The highest BCUT2D eigenvalue weighted by molar-refractivity contribution is 8.26. The predicted octanol–water partition coefficient (Wildman–Crippen LogP) is 4.30. The Morgan fingerprint density at radius 1 is 1.11 bits per heavy atom. The van der Waals surface area contributed by atoms with Gasteiger partial charge < -0.3 is 19.5 Å². The SMILES string of the molecule is COc1ccc(OCCOc2ccc(Cl)cc2/C=C2\SC(=S)NC2=O)cc1. The van der Waals surface area contributed by atoms with Crippen molar-refractivity contribution in [1.82, 2.24) is 5.32 Å². The summed E-state index contributed by atoms with van der Waals surface area (Å²) in [5.74, 6) is 1.88. The van der Waals surface area contributed by atoms with Crippen LogP contribution in [0.2, 0.25) is 5.02 Å². The van der Waals surface area contributed by atoms with Crippen molar-refractivity contribution in [3.05, 3.63) is 58.0 Å². The highest BCUT2D eigenvalue weighted by atomic mass is 35.5. The van der Waals surface area contributed by atoms with Gasteiger partial charge in [-0.1, -0.05) is 35.6 Å². The second-order valence-corrected chi connectivity index (χ2v) is 7.56. The number of halogens is 1. The Morgan fingerprint density at radius 3 is 2.48 bits per heavy atom. The zero-order valence-electron chi connectivity index (χ0n) is 14.4. The van der Waals surface area contributed by atoms with Crippen LogP contribution in [0.1, 0.15) is 5.56 Å². The number of rotatable bonds is 7. The molecule has 5 nitrogen and oxygen atoms in total. The van der Waals surface area contributed by atoms with E-state index in [0.29, 0.717) is 38.8 Å². The van der Waals surface area contributed by atoms with Gasteiger partial charge in [-0.3, -0.25) is 4.79 Å². The predicted molar refractivity (Wildman–Crippen MR) is 112 cm³/mol. The van der Waals surface area contributed by atoms with Gasteiger partial charge in [0, 0.05) is 10.6 Å². The number of carbonyl (C=O) groups is 1. The van der Waals surface area contributed by atoms with Gasteiger partial charge in [-0.05, 0) is 48.5 Å². The number of carbonyl (C=O) groups excluding carboxylic acids is 1. The Kier molecular flexibility index (Phi) is 6.60. The summed E-state index contributed by atoms with van der Waals surface area (Å²) in [5, 5.41) is 3.13. The standard InChI is InChI=1S/C19H16ClNO4S2/c1-23-14-3-5-15(6-4-14)24-8-9-25-16-7-2-13(20)10-12(16)11-17-18(22)21-19(26)27-17/h2-7,10-11H,8-9H2,1H3,(H,21,22,26)/b17-11-. The van der Waals surface area contributed by atoms with Gasteiger partial charge in [0.15, 0.2) is 0 Å². The number of benzene rings is 2. The molecule has 1 heterocycles. The van der Waals surface area contributed by atoms with Gasteiger partial charge >= 0.3 is 0 Å². The van der Waals surface area contributed by atoms with Gasteiger partial charge in [0.2, 0.25) is 0 Å². The van der Waals surface area contributed by atoms with Gasteiger partial charge in [0.05, 0.1) is 12.0 Å². The van der Waals surface area contributed by atoms with E-state index < -0.39 is 0 Å². The Balaban J connectivity index is 1.62. The molecular weight excluding hydrogens is 406 g/mol. The summed E-state index contributed by atoms with van der Waals surface area (Å²) in [7, 11) is 1.62. The lowest BCUT2D eigenvalue weighted by Crippen LogP contribution is -2.17. The molecule has 1 aliphatic heterocycles. The van der Waals surface area contributed by atoms with Crippen molar-refractivity contribution >= 4 is 51.9 Å². The molecule has 0 aromatic heterocycles. The molecular formula is C19H16ClNO4S2. The van der Waals surface area contributed by atoms with E-state index in [1.54, 1.807) is 31.4 Å². The molecule has 140 valence electrons. The summed E-state index contributed by atoms with van der Waals surface area (Å²) in [4.78, 5) is 12.4. The number of methoxy groups -OCH3 is 1. The number of amides is 1. The quantitative estimate of drug-likeness (QED) is 0.408. The van der Waals surface area contributed by atoms with E-state index in [9.17, 15) is 4.79 Å². The lowest BCUT2D eigenvalue weighted by molar-refractivity contribution is -0.115. The summed E-state index contributed by atoms with van der Waals surface area (Å²) in [6.07, 6.45) is 1.71. The Hall–Kier alpha value is -2.22. The maximum absolute atomic E-state index is 11.9. The van der Waals surface area contributed by atoms with Gasteiger partial charge in [0.25, 0.3) is 5.91 Å². The average molecular weight is 422 g/mol. The van der Waals surface area contributed by atoms with Crippen LogP contribution in [0.15, 0.2) is 47.4 Å². The molecule has 1 fully saturated rings. The van der Waals surface area contributed by atoms with Crippen LogP contribution >= 0.6 is 35.6 Å². The summed E-state index contributed by atoms with van der Waals surface area (Å²) >= 11 is 12.3. The zero-order valence-corrected chi connectivity index (χ0v) is 16.7. The molecule has 27 heavy (non-hydrogen) atoms. The van der Waals surface area contributed by atoms with E-state index >= 15 is 0 Å². The molecule has 0 spiro atoms. The largest absolute Gasteiger partial charge is 0.497 e. The molecule has 2 aromatic carbocycles. The summed E-state index contributed by atoms with van der Waals surface area (Å²) in [6, 6.07) is 12.5. The van der Waals surface area contributed by atoms with Gasteiger partial charge in [-0.15, -0.1) is 0 Å². The van der Waals surface area contributed by atoms with Crippen LogP contribution in [0.25, 0.3) is 6.08 Å². The van der Waals surface area contributed by atoms with E-state index in [2.05, 4.69) is 5.32 Å². The molecule has 1 aliphatic rings. The molecule has 0 bridgehead atoms. The lowest BCUT2D eigenvalue weighted by atomic mass is 10.2. The fourth-order valence-corrected chi connectivity index (χ4v) is 3.52. The molecule has 1 saturated heterocycles. The van der Waals surface area contributed by atoms with Crippen molar-refractivity contribution in [3.8, 4) is 17.2 Å². The van der Waals surface area contributed by atoms with Crippen molar-refractivity contribution in [2.75, 3.05) is 20.3 Å². The van der Waals surface area contributed by atoms with Crippen molar-refractivity contribution < 1.29 is 19.0 Å². The summed E-state index contributed by atoms with van der Waals surface area (Å²) in [6.45, 7) is 0.700. The zero-order chi connectivity index (χ0) is 19.2. The third kappa shape index (κ3) is 5.38. The smallest absolute Gasteiger partial charge is 0.263 e. The van der Waals surface area contributed by atoms with E-state index in [-0.39, 0.29) is 5.91 Å². The number of nitrogens with one attached hydrogen (secondary N) is 1. The fraction of sp³-hybridized carbons (Fsp3) is 0.158. The third-order valence-electron chi connectivity index (χ3n) is 3.57. The number of thiocarbonyl (C=S) groups is 1. The average Bonchev–Trinajstić information content (AvgIpc) is 2.97. The topological polar surface area (TPSA) is 56.8 Å². The van der Waals surface area contributed by atoms with E-state index in [0.717, 1.165) is 11.5 Å².